The lowest BCUT2D eigenvalue weighted by atomic mass is 10.3. The molecule has 0 bridgehead atoms. The van der Waals surface area contributed by atoms with Crippen LogP contribution in [0.3, 0.4) is 0 Å². The largest absolute Gasteiger partial charge is 0.494 e. The Morgan fingerprint density at radius 3 is 2.86 bits per heavy atom. The van der Waals surface area contributed by atoms with Crippen LogP contribution >= 0.6 is 0 Å². The maximum absolute atomic E-state index is 5.76. The number of aryl methyl sites for hydroxylation is 1. The number of hydrogen-bond donors (Lipinski definition) is 0. The van der Waals surface area contributed by atoms with Crippen LogP contribution in [0.5, 0.6) is 11.8 Å². The van der Waals surface area contributed by atoms with Gasteiger partial charge >= 0.3 is 6.01 Å². The number of nitrogens with zero attached hydrogens (tertiary/aromatic N) is 5. The summed E-state index contributed by atoms with van der Waals surface area (Å²) in [6.07, 6.45) is 4.18. The van der Waals surface area contributed by atoms with Gasteiger partial charge in [-0.2, -0.15) is 15.0 Å². The van der Waals surface area contributed by atoms with Crippen molar-refractivity contribution in [2.75, 3.05) is 20.2 Å². The molecular weight excluding hydrogens is 274 g/mol. The maximum Gasteiger partial charge on any atom is 0.316 e. The molecule has 2 aromatic rings. The fourth-order valence-corrected chi connectivity index (χ4v) is 2.25. The lowest BCUT2D eigenvalue weighted by Gasteiger charge is -2.14. The standard InChI is InChI=1S/C13H17N5O3/c1-9-16-12(21-17-9)8-18-4-3-10(7-18)20-13-14-5-11(19-2)6-15-13/h5-6,10H,3-4,7-8H2,1-2H3. The van der Waals surface area contributed by atoms with Gasteiger partial charge in [0.2, 0.25) is 5.89 Å². The van der Waals surface area contributed by atoms with E-state index in [0.717, 1.165) is 19.5 Å². The van der Waals surface area contributed by atoms with Gasteiger partial charge in [0.25, 0.3) is 0 Å². The summed E-state index contributed by atoms with van der Waals surface area (Å²) in [5, 5.41) is 3.79. The number of rotatable bonds is 5. The molecule has 1 unspecified atom stereocenters. The molecule has 112 valence electrons. The first-order chi connectivity index (χ1) is 10.2. The van der Waals surface area contributed by atoms with E-state index >= 15 is 0 Å². The first kappa shape index (κ1) is 13.7. The van der Waals surface area contributed by atoms with E-state index in [1.165, 1.54) is 0 Å². The van der Waals surface area contributed by atoms with Crippen molar-refractivity contribution in [3.8, 4) is 11.8 Å². The van der Waals surface area contributed by atoms with Gasteiger partial charge in [-0.15, -0.1) is 0 Å². The predicted molar refractivity (Wildman–Crippen MR) is 71.9 cm³/mol. The third-order valence-electron chi connectivity index (χ3n) is 3.27. The first-order valence-electron chi connectivity index (χ1n) is 6.77. The van der Waals surface area contributed by atoms with Gasteiger partial charge in [-0.25, -0.2) is 0 Å². The van der Waals surface area contributed by atoms with Crippen molar-refractivity contribution >= 4 is 0 Å². The molecule has 8 nitrogen and oxygen atoms in total. The van der Waals surface area contributed by atoms with Crippen LogP contribution in [0.2, 0.25) is 0 Å². The van der Waals surface area contributed by atoms with Crippen LogP contribution in [0.15, 0.2) is 16.9 Å². The average Bonchev–Trinajstić information content (AvgIpc) is 3.09. The summed E-state index contributed by atoms with van der Waals surface area (Å²) < 4.78 is 15.9. The molecule has 1 fully saturated rings. The quantitative estimate of drug-likeness (QED) is 0.800. The van der Waals surface area contributed by atoms with E-state index < -0.39 is 0 Å². The van der Waals surface area contributed by atoms with E-state index in [1.54, 1.807) is 19.5 Å². The number of methoxy groups -OCH3 is 1. The summed E-state index contributed by atoms with van der Waals surface area (Å²) in [7, 11) is 1.58. The van der Waals surface area contributed by atoms with Crippen LogP contribution in [0.25, 0.3) is 0 Å². The predicted octanol–water partition coefficient (Wildman–Crippen LogP) is 0.830. The van der Waals surface area contributed by atoms with Gasteiger partial charge in [-0.05, 0) is 13.3 Å². The van der Waals surface area contributed by atoms with Crippen molar-refractivity contribution in [2.24, 2.45) is 0 Å². The first-order valence-corrected chi connectivity index (χ1v) is 6.77. The molecule has 0 saturated carbocycles. The van der Waals surface area contributed by atoms with Crippen LogP contribution < -0.4 is 9.47 Å². The number of hydrogen-bond acceptors (Lipinski definition) is 8. The molecule has 0 amide bonds. The minimum Gasteiger partial charge on any atom is -0.494 e. The molecule has 0 N–H and O–H groups in total. The van der Waals surface area contributed by atoms with Crippen LogP contribution in [0.4, 0.5) is 0 Å². The SMILES string of the molecule is COc1cnc(OC2CCN(Cc3nc(C)no3)C2)nc1. The normalized spacial score (nSPS) is 18.9. The topological polar surface area (TPSA) is 86.4 Å². The molecule has 0 radical (unpaired) electrons. The highest BCUT2D eigenvalue weighted by Gasteiger charge is 2.26. The van der Waals surface area contributed by atoms with Crippen LogP contribution in [-0.4, -0.2) is 51.3 Å². The van der Waals surface area contributed by atoms with Crippen molar-refractivity contribution in [3.63, 3.8) is 0 Å². The maximum atomic E-state index is 5.76. The molecule has 0 spiro atoms. The molecule has 3 rings (SSSR count). The Balaban J connectivity index is 1.52. The molecule has 3 heterocycles. The highest BCUT2D eigenvalue weighted by Crippen LogP contribution is 2.17. The highest BCUT2D eigenvalue weighted by atomic mass is 16.5. The fraction of sp³-hybridized carbons (Fsp3) is 0.538. The lowest BCUT2D eigenvalue weighted by Crippen LogP contribution is -2.25. The molecule has 0 aliphatic carbocycles. The molecule has 0 aromatic carbocycles. The molecule has 2 aromatic heterocycles. The Bertz CT molecular complexity index is 586. The molecule has 1 atom stereocenters. The molecule has 1 aliphatic heterocycles. The van der Waals surface area contributed by atoms with Gasteiger partial charge in [0.05, 0.1) is 26.0 Å². The summed E-state index contributed by atoms with van der Waals surface area (Å²) >= 11 is 0. The van der Waals surface area contributed by atoms with Crippen LogP contribution in [0.1, 0.15) is 18.1 Å². The van der Waals surface area contributed by atoms with E-state index in [4.69, 9.17) is 14.0 Å². The Hall–Kier alpha value is -2.22. The van der Waals surface area contributed by atoms with E-state index in [1.807, 2.05) is 6.92 Å². The van der Waals surface area contributed by atoms with Crippen molar-refractivity contribution < 1.29 is 14.0 Å². The van der Waals surface area contributed by atoms with Gasteiger partial charge in [0.15, 0.2) is 11.6 Å². The highest BCUT2D eigenvalue weighted by molar-refractivity contribution is 5.13. The van der Waals surface area contributed by atoms with E-state index in [-0.39, 0.29) is 6.10 Å². The molecule has 1 saturated heterocycles. The van der Waals surface area contributed by atoms with Crippen LogP contribution in [0, 0.1) is 6.92 Å². The summed E-state index contributed by atoms with van der Waals surface area (Å²) in [6.45, 7) is 4.16. The smallest absolute Gasteiger partial charge is 0.316 e. The Morgan fingerprint density at radius 2 is 2.19 bits per heavy atom. The Kier molecular flexibility index (Phi) is 3.96. The summed E-state index contributed by atoms with van der Waals surface area (Å²) in [4.78, 5) is 14.6. The van der Waals surface area contributed by atoms with Crippen molar-refractivity contribution in [1.29, 1.82) is 0 Å². The Labute approximate surface area is 122 Å². The zero-order chi connectivity index (χ0) is 14.7. The number of ether oxygens (including phenoxy) is 2. The Morgan fingerprint density at radius 1 is 1.38 bits per heavy atom. The summed E-state index contributed by atoms with van der Waals surface area (Å²) in [5.41, 5.74) is 0. The van der Waals surface area contributed by atoms with Gasteiger partial charge in [-0.3, -0.25) is 4.90 Å². The van der Waals surface area contributed by atoms with E-state index in [2.05, 4.69) is 25.0 Å². The van der Waals surface area contributed by atoms with Crippen molar-refractivity contribution in [1.82, 2.24) is 25.0 Å². The van der Waals surface area contributed by atoms with Gasteiger partial charge in [-0.1, -0.05) is 5.16 Å². The van der Waals surface area contributed by atoms with Crippen molar-refractivity contribution in [3.05, 3.63) is 24.1 Å². The minimum absolute atomic E-state index is 0.0717. The van der Waals surface area contributed by atoms with Gasteiger partial charge < -0.3 is 14.0 Å². The zero-order valence-electron chi connectivity index (χ0n) is 12.0. The molecule has 1 aliphatic rings. The van der Waals surface area contributed by atoms with Crippen LogP contribution in [-0.2, 0) is 6.54 Å². The van der Waals surface area contributed by atoms with E-state index in [9.17, 15) is 0 Å². The fourth-order valence-electron chi connectivity index (χ4n) is 2.25. The number of aromatic nitrogens is 4. The van der Waals surface area contributed by atoms with Gasteiger partial charge in [0, 0.05) is 13.1 Å². The summed E-state index contributed by atoms with van der Waals surface area (Å²) in [6, 6.07) is 0.372. The molecule has 21 heavy (non-hydrogen) atoms. The van der Waals surface area contributed by atoms with Crippen molar-refractivity contribution in [2.45, 2.75) is 26.0 Å². The lowest BCUT2D eigenvalue weighted by molar-refractivity contribution is 0.177. The van der Waals surface area contributed by atoms with E-state index in [0.29, 0.717) is 30.0 Å². The third-order valence-corrected chi connectivity index (χ3v) is 3.27. The number of likely N-dealkylation sites (tertiary alicyclic amines) is 1. The molecular formula is C13H17N5O3. The molecule has 8 heteroatoms. The minimum atomic E-state index is 0.0717. The monoisotopic (exact) mass is 291 g/mol. The second-order valence-electron chi connectivity index (χ2n) is 4.90. The van der Waals surface area contributed by atoms with Gasteiger partial charge in [0.1, 0.15) is 6.10 Å². The average molecular weight is 291 g/mol. The zero-order valence-corrected chi connectivity index (χ0v) is 12.0. The summed E-state index contributed by atoms with van der Waals surface area (Å²) in [5.74, 6) is 1.90. The third kappa shape index (κ3) is 3.46. The second-order valence-corrected chi connectivity index (χ2v) is 4.90. The second kappa shape index (κ2) is 6.04.